The Hall–Kier alpha value is -1.76. The van der Waals surface area contributed by atoms with E-state index in [2.05, 4.69) is 26.3 Å². The molecule has 1 unspecified atom stereocenters. The zero-order chi connectivity index (χ0) is 14.1. The average Bonchev–Trinajstić information content (AvgIpc) is 2.85. The quantitative estimate of drug-likeness (QED) is 0.569. The van der Waals surface area contributed by atoms with Gasteiger partial charge in [-0.3, -0.25) is 10.8 Å². The first-order valence-electron chi connectivity index (χ1n) is 5.93. The van der Waals surface area contributed by atoms with Crippen molar-refractivity contribution < 1.29 is 8.81 Å². The zero-order valence-electron chi connectivity index (χ0n) is 10.3. The molecule has 0 aliphatic carbocycles. The first-order valence-corrected chi connectivity index (χ1v) is 6.73. The molecule has 3 aromatic rings. The SMILES string of the molecule is NNC(c1cncc(Br)c1)c1cc2cccc(F)c2o1. The number of nitrogens with one attached hydrogen (secondary N) is 1. The minimum absolute atomic E-state index is 0.228. The van der Waals surface area contributed by atoms with Crippen molar-refractivity contribution in [2.45, 2.75) is 6.04 Å². The Bertz CT molecular complexity index is 759. The van der Waals surface area contributed by atoms with Crippen LogP contribution in [0.15, 0.2) is 51.6 Å². The van der Waals surface area contributed by atoms with E-state index in [1.807, 2.05) is 6.07 Å². The highest BCUT2D eigenvalue weighted by Crippen LogP contribution is 2.29. The van der Waals surface area contributed by atoms with Crippen molar-refractivity contribution in [1.82, 2.24) is 10.4 Å². The van der Waals surface area contributed by atoms with Crippen molar-refractivity contribution >= 4 is 26.9 Å². The van der Waals surface area contributed by atoms with E-state index < -0.39 is 11.9 Å². The largest absolute Gasteiger partial charge is 0.456 e. The fourth-order valence-corrected chi connectivity index (χ4v) is 2.50. The molecule has 0 radical (unpaired) electrons. The average molecular weight is 336 g/mol. The Labute approximate surface area is 122 Å². The van der Waals surface area contributed by atoms with Crippen LogP contribution in [0.2, 0.25) is 0 Å². The molecule has 0 aliphatic rings. The van der Waals surface area contributed by atoms with E-state index in [9.17, 15) is 4.39 Å². The molecule has 2 heterocycles. The number of nitrogens with two attached hydrogens (primary N) is 1. The fraction of sp³-hybridized carbons (Fsp3) is 0.0714. The van der Waals surface area contributed by atoms with Crippen LogP contribution in [-0.2, 0) is 0 Å². The topological polar surface area (TPSA) is 64.1 Å². The molecule has 2 aromatic heterocycles. The molecule has 102 valence electrons. The second kappa shape index (κ2) is 5.32. The van der Waals surface area contributed by atoms with E-state index in [0.29, 0.717) is 11.1 Å². The third-order valence-corrected chi connectivity index (χ3v) is 3.46. The van der Waals surface area contributed by atoms with Crippen LogP contribution in [0.5, 0.6) is 0 Å². The summed E-state index contributed by atoms with van der Waals surface area (Å²) in [6.45, 7) is 0. The number of aromatic nitrogens is 1. The fourth-order valence-electron chi connectivity index (χ4n) is 2.12. The number of benzene rings is 1. The molecule has 4 nitrogen and oxygen atoms in total. The molecule has 0 spiro atoms. The van der Waals surface area contributed by atoms with E-state index in [0.717, 1.165) is 10.0 Å². The number of pyridine rings is 1. The van der Waals surface area contributed by atoms with Gasteiger partial charge in [0.05, 0.1) is 0 Å². The molecule has 0 saturated carbocycles. The maximum absolute atomic E-state index is 13.7. The molecule has 0 fully saturated rings. The van der Waals surface area contributed by atoms with Crippen molar-refractivity contribution in [3.05, 3.63) is 64.3 Å². The number of hydrogen-bond donors (Lipinski definition) is 2. The standard InChI is InChI=1S/C14H11BrFN3O/c15-10-4-9(6-18-7-10)13(19-17)12-5-8-2-1-3-11(16)14(8)20-12/h1-7,13,19H,17H2. The van der Waals surface area contributed by atoms with E-state index in [4.69, 9.17) is 10.3 Å². The monoisotopic (exact) mass is 335 g/mol. The summed E-state index contributed by atoms with van der Waals surface area (Å²) in [6.07, 6.45) is 3.36. The van der Waals surface area contributed by atoms with Gasteiger partial charge in [0.1, 0.15) is 11.8 Å². The highest BCUT2D eigenvalue weighted by molar-refractivity contribution is 9.10. The van der Waals surface area contributed by atoms with Crippen LogP contribution in [0.1, 0.15) is 17.4 Å². The normalized spacial score (nSPS) is 12.8. The van der Waals surface area contributed by atoms with Gasteiger partial charge in [0.25, 0.3) is 0 Å². The van der Waals surface area contributed by atoms with Gasteiger partial charge in [-0.2, -0.15) is 0 Å². The number of hydrogen-bond acceptors (Lipinski definition) is 4. The Balaban J connectivity index is 2.09. The highest BCUT2D eigenvalue weighted by Gasteiger charge is 2.19. The highest BCUT2D eigenvalue weighted by atomic mass is 79.9. The minimum atomic E-state index is -0.396. The van der Waals surface area contributed by atoms with Crippen LogP contribution in [0.4, 0.5) is 4.39 Å². The van der Waals surface area contributed by atoms with Crippen molar-refractivity contribution in [2.75, 3.05) is 0 Å². The summed E-state index contributed by atoms with van der Waals surface area (Å²) in [5.74, 6) is 5.74. The number of fused-ring (bicyclic) bond motifs is 1. The van der Waals surface area contributed by atoms with E-state index in [1.165, 1.54) is 6.07 Å². The molecule has 1 aromatic carbocycles. The van der Waals surface area contributed by atoms with Crippen LogP contribution in [0.3, 0.4) is 0 Å². The lowest BCUT2D eigenvalue weighted by Crippen LogP contribution is -2.28. The maximum atomic E-state index is 13.7. The van der Waals surface area contributed by atoms with Gasteiger partial charge in [0, 0.05) is 22.3 Å². The summed E-state index contributed by atoms with van der Waals surface area (Å²) in [5, 5.41) is 0.697. The molecule has 0 amide bonds. The number of rotatable bonds is 3. The molecule has 0 saturated heterocycles. The first-order chi connectivity index (χ1) is 9.69. The number of hydrazine groups is 1. The summed E-state index contributed by atoms with van der Waals surface area (Å²) < 4.78 is 20.1. The molecule has 1 atom stereocenters. The predicted molar refractivity (Wildman–Crippen MR) is 77.3 cm³/mol. The number of para-hydroxylation sites is 1. The molecule has 3 N–H and O–H groups in total. The van der Waals surface area contributed by atoms with Gasteiger partial charge in [-0.05, 0) is 39.7 Å². The van der Waals surface area contributed by atoms with Crippen LogP contribution in [0, 0.1) is 5.82 Å². The van der Waals surface area contributed by atoms with Gasteiger partial charge in [-0.15, -0.1) is 0 Å². The second-order valence-electron chi connectivity index (χ2n) is 4.34. The van der Waals surface area contributed by atoms with Crippen LogP contribution in [0.25, 0.3) is 11.0 Å². The van der Waals surface area contributed by atoms with Crippen LogP contribution in [-0.4, -0.2) is 4.98 Å². The number of halogens is 2. The summed E-state index contributed by atoms with van der Waals surface area (Å²) in [4.78, 5) is 4.09. The van der Waals surface area contributed by atoms with Gasteiger partial charge in [-0.25, -0.2) is 9.82 Å². The molecule has 0 bridgehead atoms. The Morgan fingerprint density at radius 1 is 1.30 bits per heavy atom. The molecular weight excluding hydrogens is 325 g/mol. The van der Waals surface area contributed by atoms with Crippen molar-refractivity contribution in [1.29, 1.82) is 0 Å². The summed E-state index contributed by atoms with van der Waals surface area (Å²) in [6, 6.07) is 8.04. The van der Waals surface area contributed by atoms with Gasteiger partial charge in [-0.1, -0.05) is 12.1 Å². The van der Waals surface area contributed by atoms with Crippen molar-refractivity contribution in [2.24, 2.45) is 5.84 Å². The summed E-state index contributed by atoms with van der Waals surface area (Å²) >= 11 is 3.36. The van der Waals surface area contributed by atoms with Crippen LogP contribution < -0.4 is 11.3 Å². The Morgan fingerprint density at radius 3 is 2.85 bits per heavy atom. The minimum Gasteiger partial charge on any atom is -0.456 e. The van der Waals surface area contributed by atoms with Gasteiger partial charge in [0.2, 0.25) is 0 Å². The van der Waals surface area contributed by atoms with Gasteiger partial charge >= 0.3 is 0 Å². The molecule has 20 heavy (non-hydrogen) atoms. The van der Waals surface area contributed by atoms with Crippen molar-refractivity contribution in [3.8, 4) is 0 Å². The van der Waals surface area contributed by atoms with Crippen LogP contribution >= 0.6 is 15.9 Å². The summed E-state index contributed by atoms with van der Waals surface area (Å²) in [7, 11) is 0. The third kappa shape index (κ3) is 2.33. The molecule has 6 heteroatoms. The van der Waals surface area contributed by atoms with Gasteiger partial charge < -0.3 is 4.42 Å². The molecular formula is C14H11BrFN3O. The van der Waals surface area contributed by atoms with Crippen molar-refractivity contribution in [3.63, 3.8) is 0 Å². The molecule has 0 aliphatic heterocycles. The van der Waals surface area contributed by atoms with E-state index in [1.54, 1.807) is 30.6 Å². The number of nitrogens with zero attached hydrogens (tertiary/aromatic N) is 1. The predicted octanol–water partition coefficient (Wildman–Crippen LogP) is 3.28. The number of furan rings is 1. The lowest BCUT2D eigenvalue weighted by atomic mass is 10.1. The Kier molecular flexibility index (Phi) is 3.52. The maximum Gasteiger partial charge on any atom is 0.169 e. The smallest absolute Gasteiger partial charge is 0.169 e. The van der Waals surface area contributed by atoms with E-state index >= 15 is 0 Å². The lowest BCUT2D eigenvalue weighted by Gasteiger charge is -2.13. The Morgan fingerprint density at radius 2 is 2.15 bits per heavy atom. The molecule has 3 rings (SSSR count). The lowest BCUT2D eigenvalue weighted by molar-refractivity contribution is 0.464. The zero-order valence-corrected chi connectivity index (χ0v) is 11.9. The second-order valence-corrected chi connectivity index (χ2v) is 5.26. The summed E-state index contributed by atoms with van der Waals surface area (Å²) in [5.41, 5.74) is 3.71. The van der Waals surface area contributed by atoms with Gasteiger partial charge in [0.15, 0.2) is 11.4 Å². The third-order valence-electron chi connectivity index (χ3n) is 3.03. The first kappa shape index (κ1) is 13.2. The van der Waals surface area contributed by atoms with E-state index in [-0.39, 0.29) is 5.58 Å².